The van der Waals surface area contributed by atoms with Gasteiger partial charge in [0, 0.05) is 11.3 Å². The summed E-state index contributed by atoms with van der Waals surface area (Å²) >= 11 is 0. The van der Waals surface area contributed by atoms with E-state index in [0.29, 0.717) is 22.8 Å². The zero-order chi connectivity index (χ0) is 22.0. The lowest BCUT2D eigenvalue weighted by Crippen LogP contribution is -2.39. The van der Waals surface area contributed by atoms with Crippen molar-refractivity contribution in [2.24, 2.45) is 4.99 Å². The number of rotatable bonds is 6. The molecule has 4 amide bonds. The minimum atomic E-state index is -0.788. The normalized spacial score (nSPS) is 13.5. The molecule has 0 saturated heterocycles. The Kier molecular flexibility index (Phi) is 5.44. The molecular formula is C23H18FN3O4. The summed E-state index contributed by atoms with van der Waals surface area (Å²) < 4.78 is 18.8. The Balaban J connectivity index is 1.39. The maximum absolute atomic E-state index is 13.1. The highest BCUT2D eigenvalue weighted by Gasteiger charge is 2.34. The standard InChI is InChI=1S/C23H18FN3O4/c1-14-2-8-17(9-3-14)25-21(28)13-27-22(29)19(26-23(27)30)12-18-10-11-20(31-18)15-4-6-16(24)7-5-15/h2-11H,12-13H2,1H3,(H,25,28). The molecule has 3 aromatic rings. The molecule has 0 spiro atoms. The molecule has 0 unspecified atom stereocenters. The van der Waals surface area contributed by atoms with Crippen LogP contribution in [0.4, 0.5) is 14.9 Å². The number of halogens is 1. The number of nitrogens with zero attached hydrogens (tertiary/aromatic N) is 2. The van der Waals surface area contributed by atoms with Crippen molar-refractivity contribution in [1.29, 1.82) is 0 Å². The smallest absolute Gasteiger partial charge is 0.351 e. The number of carbonyl (C=O) groups excluding carboxylic acids is 3. The van der Waals surface area contributed by atoms with Gasteiger partial charge < -0.3 is 9.73 Å². The number of aliphatic imine (C=N–C) groups is 1. The molecule has 1 N–H and O–H groups in total. The average molecular weight is 419 g/mol. The largest absolute Gasteiger partial charge is 0.461 e. The molecule has 7 nitrogen and oxygen atoms in total. The molecule has 0 aliphatic carbocycles. The van der Waals surface area contributed by atoms with Crippen molar-refractivity contribution in [1.82, 2.24) is 4.90 Å². The van der Waals surface area contributed by atoms with Crippen LogP contribution in [0.3, 0.4) is 0 Å². The molecule has 31 heavy (non-hydrogen) atoms. The number of urea groups is 1. The van der Waals surface area contributed by atoms with Crippen molar-refractivity contribution in [2.75, 3.05) is 11.9 Å². The topological polar surface area (TPSA) is 92.0 Å². The number of furan rings is 1. The van der Waals surface area contributed by atoms with Gasteiger partial charge in [-0.15, -0.1) is 0 Å². The van der Waals surface area contributed by atoms with E-state index in [0.717, 1.165) is 10.5 Å². The Morgan fingerprint density at radius 3 is 2.45 bits per heavy atom. The van der Waals surface area contributed by atoms with Gasteiger partial charge >= 0.3 is 6.03 Å². The molecule has 0 bridgehead atoms. The van der Waals surface area contributed by atoms with Gasteiger partial charge in [0.15, 0.2) is 0 Å². The first kappa shape index (κ1) is 20.2. The van der Waals surface area contributed by atoms with Gasteiger partial charge in [-0.1, -0.05) is 17.7 Å². The van der Waals surface area contributed by atoms with Gasteiger partial charge in [-0.05, 0) is 55.5 Å². The summed E-state index contributed by atoms with van der Waals surface area (Å²) in [6.45, 7) is 1.49. The van der Waals surface area contributed by atoms with Gasteiger partial charge in [0.2, 0.25) is 5.91 Å². The van der Waals surface area contributed by atoms with Crippen LogP contribution in [0.25, 0.3) is 11.3 Å². The fourth-order valence-electron chi connectivity index (χ4n) is 3.11. The van der Waals surface area contributed by atoms with E-state index in [1.54, 1.807) is 36.4 Å². The van der Waals surface area contributed by atoms with Gasteiger partial charge in [0.05, 0.1) is 6.42 Å². The van der Waals surface area contributed by atoms with Crippen LogP contribution in [0, 0.1) is 12.7 Å². The lowest BCUT2D eigenvalue weighted by atomic mass is 10.2. The average Bonchev–Trinajstić information content (AvgIpc) is 3.31. The van der Waals surface area contributed by atoms with E-state index in [2.05, 4.69) is 10.3 Å². The Morgan fingerprint density at radius 2 is 1.74 bits per heavy atom. The number of hydrogen-bond acceptors (Lipinski definition) is 4. The molecular weight excluding hydrogens is 401 g/mol. The maximum atomic E-state index is 13.1. The zero-order valence-electron chi connectivity index (χ0n) is 16.6. The van der Waals surface area contributed by atoms with Crippen LogP contribution in [0.1, 0.15) is 11.3 Å². The second kappa shape index (κ2) is 8.35. The van der Waals surface area contributed by atoms with Crippen molar-refractivity contribution in [3.05, 3.63) is 77.8 Å². The van der Waals surface area contributed by atoms with Crippen LogP contribution in [-0.4, -0.2) is 35.0 Å². The number of nitrogens with one attached hydrogen (secondary N) is 1. The molecule has 2 aromatic carbocycles. The molecule has 156 valence electrons. The number of anilines is 1. The molecule has 8 heteroatoms. The number of aryl methyl sites for hydroxylation is 1. The van der Waals surface area contributed by atoms with Crippen molar-refractivity contribution >= 4 is 29.2 Å². The fraction of sp³-hybridized carbons (Fsp3) is 0.130. The summed E-state index contributed by atoms with van der Waals surface area (Å²) in [6, 6.07) is 15.5. The summed E-state index contributed by atoms with van der Waals surface area (Å²) in [5, 5.41) is 2.65. The van der Waals surface area contributed by atoms with Crippen molar-refractivity contribution in [3.63, 3.8) is 0 Å². The highest BCUT2D eigenvalue weighted by atomic mass is 19.1. The van der Waals surface area contributed by atoms with Crippen LogP contribution in [-0.2, 0) is 16.0 Å². The zero-order valence-corrected chi connectivity index (χ0v) is 16.6. The first-order valence-electron chi connectivity index (χ1n) is 9.53. The van der Waals surface area contributed by atoms with E-state index in [4.69, 9.17) is 4.42 Å². The lowest BCUT2D eigenvalue weighted by molar-refractivity contribution is -0.125. The van der Waals surface area contributed by atoms with E-state index in [1.807, 2.05) is 19.1 Å². The monoisotopic (exact) mass is 419 g/mol. The quantitative estimate of drug-likeness (QED) is 0.654. The Labute approximate surface area is 177 Å². The highest BCUT2D eigenvalue weighted by Crippen LogP contribution is 2.23. The minimum Gasteiger partial charge on any atom is -0.461 e. The number of carbonyl (C=O) groups is 3. The van der Waals surface area contributed by atoms with E-state index < -0.39 is 24.4 Å². The lowest BCUT2D eigenvalue weighted by Gasteiger charge is -2.13. The maximum Gasteiger partial charge on any atom is 0.351 e. The molecule has 0 saturated carbocycles. The van der Waals surface area contributed by atoms with Crippen molar-refractivity contribution in [2.45, 2.75) is 13.3 Å². The van der Waals surface area contributed by atoms with Gasteiger partial charge in [0.1, 0.15) is 29.6 Å². The number of hydrogen-bond donors (Lipinski definition) is 1. The molecule has 4 rings (SSSR count). The third-order valence-electron chi connectivity index (χ3n) is 4.72. The first-order valence-corrected chi connectivity index (χ1v) is 9.53. The van der Waals surface area contributed by atoms with Crippen molar-refractivity contribution < 1.29 is 23.2 Å². The number of imide groups is 1. The van der Waals surface area contributed by atoms with Gasteiger partial charge in [-0.3, -0.25) is 9.59 Å². The van der Waals surface area contributed by atoms with E-state index in [-0.39, 0.29) is 17.9 Å². The summed E-state index contributed by atoms with van der Waals surface area (Å²) in [5.41, 5.74) is 2.28. The minimum absolute atomic E-state index is 0.00183. The molecule has 0 radical (unpaired) electrons. The number of benzene rings is 2. The van der Waals surface area contributed by atoms with Crippen LogP contribution >= 0.6 is 0 Å². The predicted molar refractivity (Wildman–Crippen MR) is 112 cm³/mol. The van der Waals surface area contributed by atoms with E-state index in [1.165, 1.54) is 12.1 Å². The second-order valence-electron chi connectivity index (χ2n) is 7.10. The Hall–Kier alpha value is -4.07. The highest BCUT2D eigenvalue weighted by molar-refractivity contribution is 6.46. The van der Waals surface area contributed by atoms with Crippen LogP contribution in [0.2, 0.25) is 0 Å². The molecule has 1 aliphatic rings. The van der Waals surface area contributed by atoms with E-state index >= 15 is 0 Å². The Bertz CT molecular complexity index is 1180. The van der Waals surface area contributed by atoms with Crippen LogP contribution in [0.5, 0.6) is 0 Å². The van der Waals surface area contributed by atoms with Gasteiger partial charge in [-0.25, -0.2) is 14.1 Å². The van der Waals surface area contributed by atoms with E-state index in [9.17, 15) is 18.8 Å². The fourth-order valence-corrected chi connectivity index (χ4v) is 3.11. The molecule has 2 heterocycles. The number of amides is 4. The SMILES string of the molecule is Cc1ccc(NC(=O)CN2C(=O)N=C(Cc3ccc(-c4ccc(F)cc4)o3)C2=O)cc1. The van der Waals surface area contributed by atoms with Crippen LogP contribution in [0.15, 0.2) is 70.1 Å². The van der Waals surface area contributed by atoms with Crippen molar-refractivity contribution in [3.8, 4) is 11.3 Å². The molecule has 0 fully saturated rings. The summed E-state index contributed by atoms with van der Waals surface area (Å²) in [6.07, 6.45) is 0.00183. The Morgan fingerprint density at radius 1 is 1.03 bits per heavy atom. The van der Waals surface area contributed by atoms with Crippen LogP contribution < -0.4 is 5.32 Å². The summed E-state index contributed by atoms with van der Waals surface area (Å²) in [5.74, 6) is -0.569. The molecule has 1 aromatic heterocycles. The summed E-state index contributed by atoms with van der Waals surface area (Å²) in [7, 11) is 0. The van der Waals surface area contributed by atoms with Gasteiger partial charge in [0.25, 0.3) is 5.91 Å². The summed E-state index contributed by atoms with van der Waals surface area (Å²) in [4.78, 5) is 41.5. The predicted octanol–water partition coefficient (Wildman–Crippen LogP) is 3.98. The molecule has 1 aliphatic heterocycles. The molecule has 0 atom stereocenters. The van der Waals surface area contributed by atoms with Gasteiger partial charge in [-0.2, -0.15) is 4.99 Å². The third kappa shape index (κ3) is 4.58. The first-order chi connectivity index (χ1) is 14.9. The second-order valence-corrected chi connectivity index (χ2v) is 7.10. The third-order valence-corrected chi connectivity index (χ3v) is 4.72.